The van der Waals surface area contributed by atoms with E-state index >= 15 is 0 Å². The third-order valence-electron chi connectivity index (χ3n) is 6.67. The van der Waals surface area contributed by atoms with Crippen molar-refractivity contribution in [1.29, 1.82) is 0 Å². The molecule has 2 aromatic carbocycles. The smallest absolute Gasteiger partial charge is 0.252 e. The fourth-order valence-electron chi connectivity index (χ4n) is 4.37. The summed E-state index contributed by atoms with van der Waals surface area (Å²) in [5, 5.41) is 7.59. The van der Waals surface area contributed by atoms with E-state index in [1.54, 1.807) is 7.11 Å². The van der Waals surface area contributed by atoms with E-state index in [0.29, 0.717) is 0 Å². The summed E-state index contributed by atoms with van der Waals surface area (Å²) >= 11 is 0. The number of hydrogen-bond donors (Lipinski definition) is 1. The van der Waals surface area contributed by atoms with E-state index in [4.69, 9.17) is 4.74 Å². The van der Waals surface area contributed by atoms with Crippen molar-refractivity contribution in [3.63, 3.8) is 0 Å². The molecule has 1 saturated heterocycles. The predicted molar refractivity (Wildman–Crippen MR) is 137 cm³/mol. The van der Waals surface area contributed by atoms with Gasteiger partial charge in [0.2, 0.25) is 0 Å². The molecule has 1 N–H and O–H groups in total. The minimum Gasteiger partial charge on any atom is -0.496 e. The van der Waals surface area contributed by atoms with E-state index in [2.05, 4.69) is 46.3 Å². The Balaban J connectivity index is 1.53. The Kier molecular flexibility index (Phi) is 7.22. The first kappa shape index (κ1) is 23.8. The van der Waals surface area contributed by atoms with Crippen molar-refractivity contribution in [2.45, 2.75) is 33.4 Å². The van der Waals surface area contributed by atoms with Crippen LogP contribution in [0.5, 0.6) is 5.75 Å². The first-order chi connectivity index (χ1) is 16.4. The standard InChI is InChI=1S/C27H35N5O2/c1-6-32-18-22(17-28-32)25-15-21(8-10-26(25)34-5)20(3)29-27(33)24-16-23(9-7-19(24)2)31-13-11-30(4)12-14-31/h7-10,15-18,20H,6,11-14H2,1-5H3,(H,29,33)/t20-/m1/s1. The average molecular weight is 462 g/mol. The van der Waals surface area contributed by atoms with Crippen LogP contribution >= 0.6 is 0 Å². The molecular weight excluding hydrogens is 426 g/mol. The summed E-state index contributed by atoms with van der Waals surface area (Å²) in [5.74, 6) is 0.728. The Hall–Kier alpha value is -3.32. The van der Waals surface area contributed by atoms with Gasteiger partial charge in [-0.25, -0.2) is 0 Å². The highest BCUT2D eigenvalue weighted by molar-refractivity contribution is 5.97. The molecule has 4 rings (SSSR count). The highest BCUT2D eigenvalue weighted by atomic mass is 16.5. The lowest BCUT2D eigenvalue weighted by atomic mass is 10.00. The van der Waals surface area contributed by atoms with Crippen LogP contribution in [-0.2, 0) is 6.54 Å². The normalized spacial score (nSPS) is 15.3. The van der Waals surface area contributed by atoms with Crippen molar-refractivity contribution >= 4 is 11.6 Å². The molecule has 0 aliphatic carbocycles. The van der Waals surface area contributed by atoms with Crippen LogP contribution in [0.4, 0.5) is 5.69 Å². The number of aryl methyl sites for hydroxylation is 2. The van der Waals surface area contributed by atoms with E-state index in [1.165, 1.54) is 0 Å². The van der Waals surface area contributed by atoms with Gasteiger partial charge >= 0.3 is 0 Å². The summed E-state index contributed by atoms with van der Waals surface area (Å²) in [6.45, 7) is 10.9. The van der Waals surface area contributed by atoms with Crippen LogP contribution < -0.4 is 15.0 Å². The third-order valence-corrected chi connectivity index (χ3v) is 6.67. The molecule has 1 aromatic heterocycles. The number of carbonyl (C=O) groups excluding carboxylic acids is 1. The predicted octanol–water partition coefficient (Wildman–Crippen LogP) is 4.13. The number of ether oxygens (including phenoxy) is 1. The van der Waals surface area contributed by atoms with E-state index < -0.39 is 0 Å². The van der Waals surface area contributed by atoms with Gasteiger partial charge in [-0.3, -0.25) is 9.48 Å². The first-order valence-corrected chi connectivity index (χ1v) is 12.0. The molecule has 0 bridgehead atoms. The van der Waals surface area contributed by atoms with E-state index in [0.717, 1.165) is 72.0 Å². The fourth-order valence-corrected chi connectivity index (χ4v) is 4.37. The molecule has 7 heteroatoms. The van der Waals surface area contributed by atoms with Gasteiger partial charge in [0.15, 0.2) is 0 Å². The molecular formula is C27H35N5O2. The van der Waals surface area contributed by atoms with Gasteiger partial charge in [0, 0.05) is 61.3 Å². The fraction of sp³-hybridized carbons (Fsp3) is 0.407. The van der Waals surface area contributed by atoms with Crippen molar-refractivity contribution in [1.82, 2.24) is 20.0 Å². The molecule has 7 nitrogen and oxygen atoms in total. The number of aromatic nitrogens is 2. The van der Waals surface area contributed by atoms with Gasteiger partial charge in [0.05, 0.1) is 19.3 Å². The van der Waals surface area contributed by atoms with Gasteiger partial charge in [-0.15, -0.1) is 0 Å². The second kappa shape index (κ2) is 10.3. The summed E-state index contributed by atoms with van der Waals surface area (Å²) in [4.78, 5) is 18.0. The molecule has 0 saturated carbocycles. The van der Waals surface area contributed by atoms with Crippen molar-refractivity contribution in [3.8, 4) is 16.9 Å². The first-order valence-electron chi connectivity index (χ1n) is 12.0. The largest absolute Gasteiger partial charge is 0.496 e. The Morgan fingerprint density at radius 3 is 2.59 bits per heavy atom. The summed E-state index contributed by atoms with van der Waals surface area (Å²) < 4.78 is 7.48. The number of nitrogens with zero attached hydrogens (tertiary/aromatic N) is 4. The minimum absolute atomic E-state index is 0.0582. The van der Waals surface area contributed by atoms with Gasteiger partial charge in [-0.2, -0.15) is 5.10 Å². The number of piperazine rings is 1. The van der Waals surface area contributed by atoms with Crippen LogP contribution in [-0.4, -0.2) is 60.9 Å². The number of hydrogen-bond acceptors (Lipinski definition) is 5. The zero-order valence-corrected chi connectivity index (χ0v) is 20.8. The highest BCUT2D eigenvalue weighted by Crippen LogP contribution is 2.32. The average Bonchev–Trinajstić information content (AvgIpc) is 3.33. The van der Waals surface area contributed by atoms with Crippen molar-refractivity contribution in [2.24, 2.45) is 0 Å². The SMILES string of the molecule is CCn1cc(-c2cc([C@@H](C)NC(=O)c3cc(N4CCN(C)CC4)ccc3C)ccc2OC)cn1. The lowest BCUT2D eigenvalue weighted by Gasteiger charge is -2.34. The second-order valence-electron chi connectivity index (χ2n) is 9.03. The molecule has 0 unspecified atom stereocenters. The summed E-state index contributed by atoms with van der Waals surface area (Å²) in [6, 6.07) is 12.1. The second-order valence-corrected chi connectivity index (χ2v) is 9.03. The number of anilines is 1. The summed E-state index contributed by atoms with van der Waals surface area (Å²) in [5.41, 5.74) is 5.78. The Bertz CT molecular complexity index is 1150. The molecule has 1 amide bonds. The number of benzene rings is 2. The summed E-state index contributed by atoms with van der Waals surface area (Å²) in [7, 11) is 3.82. The third kappa shape index (κ3) is 5.09. The molecule has 1 atom stereocenters. The van der Waals surface area contributed by atoms with Crippen molar-refractivity contribution in [3.05, 3.63) is 65.5 Å². The zero-order valence-electron chi connectivity index (χ0n) is 20.8. The van der Waals surface area contributed by atoms with Crippen LogP contribution in [0.15, 0.2) is 48.8 Å². The van der Waals surface area contributed by atoms with Crippen LogP contribution in [0.1, 0.15) is 41.4 Å². The number of carbonyl (C=O) groups is 1. The molecule has 34 heavy (non-hydrogen) atoms. The van der Waals surface area contributed by atoms with Crippen LogP contribution in [0, 0.1) is 6.92 Å². The lowest BCUT2D eigenvalue weighted by Crippen LogP contribution is -2.44. The maximum atomic E-state index is 13.3. The zero-order chi connectivity index (χ0) is 24.2. The van der Waals surface area contributed by atoms with E-state index in [1.807, 2.05) is 55.2 Å². The maximum Gasteiger partial charge on any atom is 0.252 e. The van der Waals surface area contributed by atoms with Gasteiger partial charge in [-0.1, -0.05) is 12.1 Å². The molecule has 0 radical (unpaired) electrons. The molecule has 1 fully saturated rings. The number of nitrogens with one attached hydrogen (secondary N) is 1. The van der Waals surface area contributed by atoms with Gasteiger partial charge in [-0.05, 0) is 63.2 Å². The van der Waals surface area contributed by atoms with Crippen molar-refractivity contribution in [2.75, 3.05) is 45.2 Å². The van der Waals surface area contributed by atoms with Gasteiger partial charge in [0.1, 0.15) is 5.75 Å². The number of methoxy groups -OCH3 is 1. The number of amides is 1. The summed E-state index contributed by atoms with van der Waals surface area (Å²) in [6.07, 6.45) is 3.86. The Labute approximate surface area is 202 Å². The van der Waals surface area contributed by atoms with Gasteiger partial charge < -0.3 is 19.9 Å². The molecule has 3 aromatic rings. The number of rotatable bonds is 7. The van der Waals surface area contributed by atoms with Crippen molar-refractivity contribution < 1.29 is 9.53 Å². The molecule has 1 aliphatic rings. The van der Waals surface area contributed by atoms with Crippen LogP contribution in [0.3, 0.4) is 0 Å². The van der Waals surface area contributed by atoms with Crippen LogP contribution in [0.2, 0.25) is 0 Å². The minimum atomic E-state index is -0.162. The van der Waals surface area contributed by atoms with E-state index in [-0.39, 0.29) is 11.9 Å². The quantitative estimate of drug-likeness (QED) is 0.573. The number of likely N-dealkylation sites (N-methyl/N-ethyl adjacent to an activating group) is 1. The molecule has 180 valence electrons. The monoisotopic (exact) mass is 461 g/mol. The highest BCUT2D eigenvalue weighted by Gasteiger charge is 2.19. The van der Waals surface area contributed by atoms with E-state index in [9.17, 15) is 4.79 Å². The maximum absolute atomic E-state index is 13.3. The molecule has 0 spiro atoms. The molecule has 1 aliphatic heterocycles. The Morgan fingerprint density at radius 2 is 1.91 bits per heavy atom. The van der Waals surface area contributed by atoms with Gasteiger partial charge in [0.25, 0.3) is 5.91 Å². The lowest BCUT2D eigenvalue weighted by molar-refractivity contribution is 0.0939. The van der Waals surface area contributed by atoms with Crippen LogP contribution in [0.25, 0.3) is 11.1 Å². The topological polar surface area (TPSA) is 62.6 Å². The molecule has 2 heterocycles. The Morgan fingerprint density at radius 1 is 1.15 bits per heavy atom.